The molecule has 0 radical (unpaired) electrons. The standard InChI is InChI=1S/C16H22N2O3/c1-5-16(2,3)17(4)15(21)18-10-12(14(19)20)11-8-6-7-9-13(11)18/h6-9,12H,5,10H2,1-4H3,(H,19,20). The topological polar surface area (TPSA) is 60.9 Å². The summed E-state index contributed by atoms with van der Waals surface area (Å²) in [5.74, 6) is -1.54. The number of hydrogen-bond acceptors (Lipinski definition) is 2. The molecular weight excluding hydrogens is 268 g/mol. The molecule has 1 unspecified atom stereocenters. The third kappa shape index (κ3) is 2.60. The number of nitrogens with zero attached hydrogens (tertiary/aromatic N) is 2. The lowest BCUT2D eigenvalue weighted by atomic mass is 10.0. The van der Waals surface area contributed by atoms with E-state index in [2.05, 4.69) is 0 Å². The molecule has 0 fully saturated rings. The van der Waals surface area contributed by atoms with Crippen LogP contribution in [0, 0.1) is 0 Å². The number of rotatable bonds is 3. The molecule has 5 nitrogen and oxygen atoms in total. The smallest absolute Gasteiger partial charge is 0.324 e. The molecule has 1 aromatic rings. The van der Waals surface area contributed by atoms with Gasteiger partial charge in [0.15, 0.2) is 0 Å². The summed E-state index contributed by atoms with van der Waals surface area (Å²) in [6, 6.07) is 7.07. The van der Waals surface area contributed by atoms with E-state index in [1.165, 1.54) is 0 Å². The molecule has 0 saturated heterocycles. The maximum Gasteiger partial charge on any atom is 0.324 e. The van der Waals surface area contributed by atoms with Gasteiger partial charge in [-0.1, -0.05) is 25.1 Å². The van der Waals surface area contributed by atoms with Crippen LogP contribution >= 0.6 is 0 Å². The minimum atomic E-state index is -0.893. The molecule has 0 bridgehead atoms. The highest BCUT2D eigenvalue weighted by Gasteiger charge is 2.39. The molecule has 1 aromatic carbocycles. The molecule has 1 atom stereocenters. The number of carboxylic acid groups (broad SMARTS) is 1. The van der Waals surface area contributed by atoms with Crippen LogP contribution in [0.2, 0.25) is 0 Å². The summed E-state index contributed by atoms with van der Waals surface area (Å²) >= 11 is 0. The second kappa shape index (κ2) is 5.39. The number of amides is 2. The molecule has 2 rings (SSSR count). The third-order valence-corrected chi connectivity index (χ3v) is 4.56. The number of benzene rings is 1. The van der Waals surface area contributed by atoms with Gasteiger partial charge in [-0.05, 0) is 31.9 Å². The van der Waals surface area contributed by atoms with Crippen LogP contribution in [0.1, 0.15) is 38.7 Å². The Morgan fingerprint density at radius 2 is 2.00 bits per heavy atom. The van der Waals surface area contributed by atoms with Crippen molar-refractivity contribution in [3.8, 4) is 0 Å². The first-order valence-corrected chi connectivity index (χ1v) is 7.16. The van der Waals surface area contributed by atoms with Gasteiger partial charge < -0.3 is 10.0 Å². The van der Waals surface area contributed by atoms with Gasteiger partial charge in [-0.3, -0.25) is 9.69 Å². The Hall–Kier alpha value is -2.04. The molecule has 0 saturated carbocycles. The Morgan fingerprint density at radius 3 is 2.57 bits per heavy atom. The van der Waals surface area contributed by atoms with Crippen LogP contribution in [0.3, 0.4) is 0 Å². The number of aliphatic carboxylic acids is 1. The van der Waals surface area contributed by atoms with E-state index in [4.69, 9.17) is 0 Å². The SMILES string of the molecule is CCC(C)(C)N(C)C(=O)N1CC(C(=O)O)c2ccccc21. The summed E-state index contributed by atoms with van der Waals surface area (Å²) < 4.78 is 0. The number of fused-ring (bicyclic) bond motifs is 1. The highest BCUT2D eigenvalue weighted by atomic mass is 16.4. The molecular formula is C16H22N2O3. The molecule has 5 heteroatoms. The molecule has 1 aliphatic heterocycles. The van der Waals surface area contributed by atoms with Crippen LogP contribution in [-0.4, -0.2) is 41.1 Å². The number of hydrogen-bond donors (Lipinski definition) is 1. The zero-order valence-electron chi connectivity index (χ0n) is 13.0. The molecule has 1 aliphatic rings. The summed E-state index contributed by atoms with van der Waals surface area (Å²) in [5.41, 5.74) is 1.14. The minimum absolute atomic E-state index is 0.155. The largest absolute Gasteiger partial charge is 0.481 e. The van der Waals surface area contributed by atoms with Gasteiger partial charge >= 0.3 is 12.0 Å². The second-order valence-corrected chi connectivity index (χ2v) is 6.07. The lowest BCUT2D eigenvalue weighted by Gasteiger charge is -2.37. The average Bonchev–Trinajstić information content (AvgIpc) is 2.85. The Morgan fingerprint density at radius 1 is 1.38 bits per heavy atom. The predicted octanol–water partition coefficient (Wildman–Crippen LogP) is 2.92. The van der Waals surface area contributed by atoms with Crippen molar-refractivity contribution in [1.82, 2.24) is 4.90 Å². The summed E-state index contributed by atoms with van der Waals surface area (Å²) in [4.78, 5) is 27.4. The Bertz CT molecular complexity index is 568. The van der Waals surface area contributed by atoms with Crippen LogP contribution in [0.4, 0.5) is 10.5 Å². The van der Waals surface area contributed by atoms with Crippen molar-refractivity contribution in [2.24, 2.45) is 0 Å². The van der Waals surface area contributed by atoms with Crippen LogP contribution in [0.5, 0.6) is 0 Å². The van der Waals surface area contributed by atoms with E-state index in [1.807, 2.05) is 39.0 Å². The van der Waals surface area contributed by atoms with E-state index in [-0.39, 0.29) is 18.1 Å². The van der Waals surface area contributed by atoms with Gasteiger partial charge in [0.25, 0.3) is 0 Å². The fourth-order valence-corrected chi connectivity index (χ4v) is 2.48. The molecule has 0 aliphatic carbocycles. The number of carbonyl (C=O) groups excluding carboxylic acids is 1. The predicted molar refractivity (Wildman–Crippen MR) is 81.7 cm³/mol. The summed E-state index contributed by atoms with van der Waals surface area (Å²) in [7, 11) is 1.77. The summed E-state index contributed by atoms with van der Waals surface area (Å²) in [6.45, 7) is 6.22. The quantitative estimate of drug-likeness (QED) is 0.931. The van der Waals surface area contributed by atoms with E-state index < -0.39 is 11.9 Å². The number of para-hydroxylation sites is 1. The average molecular weight is 290 g/mol. The lowest BCUT2D eigenvalue weighted by molar-refractivity contribution is -0.138. The second-order valence-electron chi connectivity index (χ2n) is 6.07. The highest BCUT2D eigenvalue weighted by Crippen LogP contribution is 2.37. The van der Waals surface area contributed by atoms with Gasteiger partial charge in [-0.15, -0.1) is 0 Å². The lowest BCUT2D eigenvalue weighted by Crippen LogP contribution is -2.50. The summed E-state index contributed by atoms with van der Waals surface area (Å²) in [5, 5.41) is 9.35. The van der Waals surface area contributed by atoms with E-state index in [9.17, 15) is 14.7 Å². The van der Waals surface area contributed by atoms with Crippen LogP contribution < -0.4 is 4.90 Å². The molecule has 1 N–H and O–H groups in total. The van der Waals surface area contributed by atoms with Crippen molar-refractivity contribution in [2.45, 2.75) is 38.6 Å². The molecule has 2 amide bonds. The number of carbonyl (C=O) groups is 2. The van der Waals surface area contributed by atoms with Crippen molar-refractivity contribution >= 4 is 17.7 Å². The number of carboxylic acids is 1. The van der Waals surface area contributed by atoms with E-state index >= 15 is 0 Å². The Balaban J connectivity index is 2.34. The van der Waals surface area contributed by atoms with Crippen molar-refractivity contribution in [3.63, 3.8) is 0 Å². The van der Waals surface area contributed by atoms with Gasteiger partial charge in [0.1, 0.15) is 5.92 Å². The zero-order chi connectivity index (χ0) is 15.8. The van der Waals surface area contributed by atoms with Crippen LogP contribution in [0.15, 0.2) is 24.3 Å². The van der Waals surface area contributed by atoms with Gasteiger partial charge in [-0.2, -0.15) is 0 Å². The minimum Gasteiger partial charge on any atom is -0.481 e. The first kappa shape index (κ1) is 15.4. The van der Waals surface area contributed by atoms with Gasteiger partial charge in [0.2, 0.25) is 0 Å². The van der Waals surface area contributed by atoms with Crippen LogP contribution in [-0.2, 0) is 4.79 Å². The van der Waals surface area contributed by atoms with Gasteiger partial charge in [-0.25, -0.2) is 4.79 Å². The van der Waals surface area contributed by atoms with E-state index in [0.717, 1.165) is 6.42 Å². The molecule has 1 heterocycles. The number of anilines is 1. The summed E-state index contributed by atoms with van der Waals surface area (Å²) in [6.07, 6.45) is 0.826. The van der Waals surface area contributed by atoms with Crippen LogP contribution in [0.25, 0.3) is 0 Å². The van der Waals surface area contributed by atoms with Crippen molar-refractivity contribution < 1.29 is 14.7 Å². The van der Waals surface area contributed by atoms with Crippen molar-refractivity contribution in [3.05, 3.63) is 29.8 Å². The maximum atomic E-state index is 12.7. The first-order chi connectivity index (χ1) is 9.79. The zero-order valence-corrected chi connectivity index (χ0v) is 13.0. The Kier molecular flexibility index (Phi) is 3.94. The van der Waals surface area contributed by atoms with E-state index in [0.29, 0.717) is 11.3 Å². The Labute approximate surface area is 125 Å². The highest BCUT2D eigenvalue weighted by molar-refractivity contribution is 5.98. The fourth-order valence-electron chi connectivity index (χ4n) is 2.48. The first-order valence-electron chi connectivity index (χ1n) is 7.16. The molecule has 0 aromatic heterocycles. The molecule has 114 valence electrons. The third-order valence-electron chi connectivity index (χ3n) is 4.56. The van der Waals surface area contributed by atoms with Gasteiger partial charge in [0.05, 0.1) is 0 Å². The van der Waals surface area contributed by atoms with E-state index in [1.54, 1.807) is 22.9 Å². The normalized spacial score (nSPS) is 17.5. The fraction of sp³-hybridized carbons (Fsp3) is 0.500. The monoisotopic (exact) mass is 290 g/mol. The van der Waals surface area contributed by atoms with Gasteiger partial charge in [0, 0.05) is 24.8 Å². The molecule has 21 heavy (non-hydrogen) atoms. The maximum absolute atomic E-state index is 12.7. The number of urea groups is 1. The van der Waals surface area contributed by atoms with Crippen molar-refractivity contribution in [2.75, 3.05) is 18.5 Å². The van der Waals surface area contributed by atoms with Crippen molar-refractivity contribution in [1.29, 1.82) is 0 Å². The molecule has 0 spiro atoms.